The molecule has 1 aliphatic rings. The van der Waals surface area contributed by atoms with Crippen LogP contribution in [-0.2, 0) is 9.84 Å². The molecule has 8 heteroatoms. The lowest BCUT2D eigenvalue weighted by atomic mass is 10.2. The third-order valence-electron chi connectivity index (χ3n) is 2.82. The van der Waals surface area contributed by atoms with E-state index in [4.69, 9.17) is 4.74 Å². The van der Waals surface area contributed by atoms with Gasteiger partial charge in [-0.15, -0.1) is 0 Å². The molecular formula is C13H16N2O5S. The van der Waals surface area contributed by atoms with Crippen molar-refractivity contribution in [3.05, 3.63) is 39.8 Å². The van der Waals surface area contributed by atoms with E-state index >= 15 is 0 Å². The predicted octanol–water partition coefficient (Wildman–Crippen LogP) is 2.10. The number of ether oxygens (including phenoxy) is 1. The summed E-state index contributed by atoms with van der Waals surface area (Å²) in [5, 5.41) is 15.3. The van der Waals surface area contributed by atoms with E-state index < -0.39 is 20.8 Å². The third-order valence-corrected chi connectivity index (χ3v) is 4.21. The van der Waals surface area contributed by atoms with Crippen LogP contribution in [0, 0.1) is 10.1 Å². The molecule has 0 aliphatic carbocycles. The third kappa shape index (κ3) is 3.72. The molecule has 0 amide bonds. The highest BCUT2D eigenvalue weighted by Crippen LogP contribution is 2.36. The monoisotopic (exact) mass is 312 g/mol. The summed E-state index contributed by atoms with van der Waals surface area (Å²) < 4.78 is 28.2. The van der Waals surface area contributed by atoms with E-state index in [1.54, 1.807) is 19.9 Å². The number of anilines is 1. The van der Waals surface area contributed by atoms with Crippen LogP contribution in [0.2, 0.25) is 0 Å². The van der Waals surface area contributed by atoms with Crippen molar-refractivity contribution in [2.45, 2.75) is 26.0 Å². The number of hydrogen-bond acceptors (Lipinski definition) is 6. The van der Waals surface area contributed by atoms with E-state index in [9.17, 15) is 18.5 Å². The molecule has 114 valence electrons. The number of rotatable bonds is 5. The summed E-state index contributed by atoms with van der Waals surface area (Å²) in [4.78, 5) is 10.7. The zero-order valence-corrected chi connectivity index (χ0v) is 12.5. The van der Waals surface area contributed by atoms with Gasteiger partial charge in [-0.05, 0) is 26.0 Å². The minimum absolute atomic E-state index is 0.112. The van der Waals surface area contributed by atoms with E-state index in [0.717, 1.165) is 5.41 Å². The standard InChI is InChI=1S/C13H16N2O5S/c1-9(2)20-12-5-3-4-11(13(12)15(16)17)14-10-6-7-21(18,19)8-10/h3-7,9-10,14H,8H2,1-2H3. The summed E-state index contributed by atoms with van der Waals surface area (Å²) in [7, 11) is -3.22. The highest BCUT2D eigenvalue weighted by atomic mass is 32.2. The van der Waals surface area contributed by atoms with Crippen LogP contribution < -0.4 is 10.1 Å². The minimum atomic E-state index is -3.22. The Labute approximate surface area is 122 Å². The Bertz CT molecular complexity index is 682. The predicted molar refractivity (Wildman–Crippen MR) is 79.2 cm³/mol. The van der Waals surface area contributed by atoms with Gasteiger partial charge in [0.1, 0.15) is 5.69 Å². The maximum Gasteiger partial charge on any atom is 0.333 e. The van der Waals surface area contributed by atoms with Gasteiger partial charge in [-0.25, -0.2) is 8.42 Å². The van der Waals surface area contributed by atoms with Crippen LogP contribution >= 0.6 is 0 Å². The van der Waals surface area contributed by atoms with E-state index in [0.29, 0.717) is 0 Å². The number of nitro groups is 1. The van der Waals surface area contributed by atoms with Crippen LogP contribution in [0.15, 0.2) is 29.7 Å². The molecule has 1 aromatic carbocycles. The van der Waals surface area contributed by atoms with Crippen molar-refractivity contribution < 1.29 is 18.1 Å². The van der Waals surface area contributed by atoms with Gasteiger partial charge in [-0.1, -0.05) is 12.1 Å². The van der Waals surface area contributed by atoms with Gasteiger partial charge in [0.15, 0.2) is 15.6 Å². The molecule has 1 heterocycles. The quantitative estimate of drug-likeness (QED) is 0.660. The molecule has 1 N–H and O–H groups in total. The van der Waals surface area contributed by atoms with Crippen LogP contribution in [-0.4, -0.2) is 31.2 Å². The first-order valence-electron chi connectivity index (χ1n) is 6.40. The summed E-state index contributed by atoms with van der Waals surface area (Å²) >= 11 is 0. The molecule has 0 bridgehead atoms. The zero-order chi connectivity index (χ0) is 15.6. The number of benzene rings is 1. The Morgan fingerprint density at radius 3 is 2.67 bits per heavy atom. The number of nitrogens with zero attached hydrogens (tertiary/aromatic N) is 1. The van der Waals surface area contributed by atoms with Crippen LogP contribution in [0.4, 0.5) is 11.4 Å². The number of nitrogens with one attached hydrogen (secondary N) is 1. The van der Waals surface area contributed by atoms with Gasteiger partial charge in [0.25, 0.3) is 0 Å². The van der Waals surface area contributed by atoms with Crippen molar-refractivity contribution in [1.29, 1.82) is 0 Å². The topological polar surface area (TPSA) is 98.5 Å². The first-order valence-corrected chi connectivity index (χ1v) is 8.11. The summed E-state index contributed by atoms with van der Waals surface area (Å²) in [6, 6.07) is 4.19. The van der Waals surface area contributed by atoms with Gasteiger partial charge < -0.3 is 10.1 Å². The smallest absolute Gasteiger partial charge is 0.333 e. The maximum absolute atomic E-state index is 11.4. The van der Waals surface area contributed by atoms with Gasteiger partial charge in [-0.2, -0.15) is 0 Å². The molecule has 0 fully saturated rings. The number of nitro benzene ring substituents is 1. The Balaban J connectivity index is 2.31. The van der Waals surface area contributed by atoms with E-state index in [-0.39, 0.29) is 29.0 Å². The van der Waals surface area contributed by atoms with Crippen LogP contribution in [0.3, 0.4) is 0 Å². The van der Waals surface area contributed by atoms with Crippen LogP contribution in [0.1, 0.15) is 13.8 Å². The number of hydrogen-bond donors (Lipinski definition) is 1. The average Bonchev–Trinajstić information content (AvgIpc) is 2.67. The maximum atomic E-state index is 11.4. The number of sulfone groups is 1. The highest BCUT2D eigenvalue weighted by Gasteiger charge is 2.26. The number of para-hydroxylation sites is 1. The van der Waals surface area contributed by atoms with Gasteiger partial charge in [-0.3, -0.25) is 10.1 Å². The second-order valence-corrected chi connectivity index (χ2v) is 6.92. The van der Waals surface area contributed by atoms with Gasteiger partial charge in [0.2, 0.25) is 0 Å². The molecular weight excluding hydrogens is 296 g/mol. The molecule has 1 aromatic rings. The SMILES string of the molecule is CC(C)Oc1cccc(NC2C=CS(=O)(=O)C2)c1[N+](=O)[O-]. The Kier molecular flexibility index (Phi) is 4.17. The van der Waals surface area contributed by atoms with Crippen LogP contribution in [0.25, 0.3) is 0 Å². The average molecular weight is 312 g/mol. The molecule has 1 atom stereocenters. The van der Waals surface area contributed by atoms with Gasteiger partial charge >= 0.3 is 5.69 Å². The van der Waals surface area contributed by atoms with Crippen molar-refractivity contribution >= 4 is 21.2 Å². The molecule has 0 radical (unpaired) electrons. The molecule has 1 unspecified atom stereocenters. The van der Waals surface area contributed by atoms with E-state index in [1.165, 1.54) is 18.2 Å². The molecule has 0 saturated carbocycles. The minimum Gasteiger partial charge on any atom is -0.484 e. The summed E-state index contributed by atoms with van der Waals surface area (Å²) in [6.07, 6.45) is 1.28. The Morgan fingerprint density at radius 1 is 1.43 bits per heavy atom. The first-order chi connectivity index (χ1) is 9.78. The summed E-state index contributed by atoms with van der Waals surface area (Å²) in [5.41, 5.74) is 0.0498. The molecule has 7 nitrogen and oxygen atoms in total. The normalized spacial score (nSPS) is 19.7. The van der Waals surface area contributed by atoms with Gasteiger partial charge in [0, 0.05) is 5.41 Å². The van der Waals surface area contributed by atoms with Gasteiger partial charge in [0.05, 0.1) is 22.8 Å². The molecule has 0 aromatic heterocycles. The molecule has 0 spiro atoms. The Hall–Kier alpha value is -2.09. The fourth-order valence-corrected chi connectivity index (χ4v) is 3.28. The molecule has 0 saturated heterocycles. The molecule has 2 rings (SSSR count). The lowest BCUT2D eigenvalue weighted by Gasteiger charge is -2.15. The van der Waals surface area contributed by atoms with E-state index in [2.05, 4.69) is 5.32 Å². The Morgan fingerprint density at radius 2 is 2.14 bits per heavy atom. The summed E-state index contributed by atoms with van der Waals surface area (Å²) in [6.45, 7) is 3.55. The fraction of sp³-hybridized carbons (Fsp3) is 0.385. The largest absolute Gasteiger partial charge is 0.484 e. The lowest BCUT2D eigenvalue weighted by Crippen LogP contribution is -2.21. The van der Waals surface area contributed by atoms with Crippen molar-refractivity contribution in [2.24, 2.45) is 0 Å². The zero-order valence-electron chi connectivity index (χ0n) is 11.6. The van der Waals surface area contributed by atoms with Crippen molar-refractivity contribution in [3.8, 4) is 5.75 Å². The second kappa shape index (κ2) is 5.72. The first kappa shape index (κ1) is 15.3. The van der Waals surface area contributed by atoms with Crippen molar-refractivity contribution in [3.63, 3.8) is 0 Å². The lowest BCUT2D eigenvalue weighted by molar-refractivity contribution is -0.385. The molecule has 21 heavy (non-hydrogen) atoms. The van der Waals surface area contributed by atoms with E-state index in [1.807, 2.05) is 0 Å². The highest BCUT2D eigenvalue weighted by molar-refractivity contribution is 7.94. The summed E-state index contributed by atoms with van der Waals surface area (Å²) in [5.74, 6) is 0.0456. The van der Waals surface area contributed by atoms with Crippen molar-refractivity contribution in [1.82, 2.24) is 0 Å². The van der Waals surface area contributed by atoms with Crippen LogP contribution in [0.5, 0.6) is 5.75 Å². The molecule has 1 aliphatic heterocycles. The second-order valence-electron chi connectivity index (χ2n) is 4.98. The fourth-order valence-electron chi connectivity index (χ4n) is 2.04. The van der Waals surface area contributed by atoms with Crippen molar-refractivity contribution in [2.75, 3.05) is 11.1 Å².